The van der Waals surface area contributed by atoms with Crippen molar-refractivity contribution in [1.82, 2.24) is 10.3 Å². The Bertz CT molecular complexity index is 917. The van der Waals surface area contributed by atoms with Gasteiger partial charge in [-0.15, -0.1) is 0 Å². The van der Waals surface area contributed by atoms with Gasteiger partial charge in [0.05, 0.1) is 18.9 Å². The number of benzene rings is 1. The summed E-state index contributed by atoms with van der Waals surface area (Å²) in [7, 11) is 1.51. The maximum Gasteiger partial charge on any atom is 0.269 e. The molecule has 1 saturated heterocycles. The van der Waals surface area contributed by atoms with Gasteiger partial charge in [-0.2, -0.15) is 0 Å². The van der Waals surface area contributed by atoms with Crippen LogP contribution in [-0.2, 0) is 4.74 Å². The molecule has 0 spiro atoms. The molecule has 4 atom stereocenters. The Morgan fingerprint density at radius 3 is 2.68 bits per heavy atom. The van der Waals surface area contributed by atoms with Crippen LogP contribution in [-0.4, -0.2) is 42.0 Å². The number of hydrogen-bond acceptors (Lipinski definition) is 5. The van der Waals surface area contributed by atoms with Crippen LogP contribution >= 0.6 is 0 Å². The second-order valence-corrected chi connectivity index (χ2v) is 7.72. The number of Topliss-reactive ketones (excluding diaryl/α,β-unsaturated/α-hetero) is 1. The number of carbonyl (C=O) groups excluding carboxylic acids is 2. The first-order valence-electron chi connectivity index (χ1n) is 9.57. The van der Waals surface area contributed by atoms with Crippen LogP contribution in [0.3, 0.4) is 0 Å². The normalized spacial score (nSPS) is 23.8. The van der Waals surface area contributed by atoms with Crippen molar-refractivity contribution in [3.8, 4) is 0 Å². The molecule has 1 amide bonds. The zero-order valence-electron chi connectivity index (χ0n) is 16.0. The largest absolute Gasteiger partial charge is 0.382 e. The fourth-order valence-corrected chi connectivity index (χ4v) is 4.10. The Hall–Kier alpha value is -2.57. The zero-order valence-corrected chi connectivity index (χ0v) is 16.0. The van der Waals surface area contributed by atoms with Crippen molar-refractivity contribution in [3.63, 3.8) is 0 Å². The van der Waals surface area contributed by atoms with Gasteiger partial charge in [-0.05, 0) is 42.4 Å². The Morgan fingerprint density at radius 2 is 2.00 bits per heavy atom. The summed E-state index contributed by atoms with van der Waals surface area (Å²) in [6, 6.07) is 10.6. The van der Waals surface area contributed by atoms with Crippen LogP contribution in [0, 0.1) is 24.7 Å². The lowest BCUT2D eigenvalue weighted by molar-refractivity contribution is 0.0950. The maximum absolute atomic E-state index is 12.9. The summed E-state index contributed by atoms with van der Waals surface area (Å²) in [5, 5.41) is 13.3. The van der Waals surface area contributed by atoms with Crippen LogP contribution in [0.4, 0.5) is 0 Å². The minimum Gasteiger partial charge on any atom is -0.382 e. The summed E-state index contributed by atoms with van der Waals surface area (Å²) in [5.41, 5.74) is 2.54. The maximum atomic E-state index is 12.9. The van der Waals surface area contributed by atoms with E-state index in [1.165, 1.54) is 13.1 Å². The molecule has 2 unspecified atom stereocenters. The molecule has 2 heterocycles. The first kappa shape index (κ1) is 18.8. The lowest BCUT2D eigenvalue weighted by Crippen LogP contribution is -2.21. The number of pyridine rings is 1. The summed E-state index contributed by atoms with van der Waals surface area (Å²) in [6.07, 6.45) is -0.569. The van der Waals surface area contributed by atoms with Crippen molar-refractivity contribution in [2.24, 2.45) is 17.8 Å². The lowest BCUT2D eigenvalue weighted by Gasteiger charge is -2.14. The molecule has 146 valence electrons. The molecule has 1 saturated carbocycles. The predicted octanol–water partition coefficient (Wildman–Crippen LogP) is 2.30. The number of nitrogens with one attached hydrogen (secondary N) is 1. The molecule has 1 aliphatic heterocycles. The molecule has 6 heteroatoms. The van der Waals surface area contributed by atoms with Gasteiger partial charge in [-0.3, -0.25) is 9.59 Å². The summed E-state index contributed by atoms with van der Waals surface area (Å²) in [6.45, 7) is 3.41. The number of rotatable bonds is 6. The second-order valence-electron chi connectivity index (χ2n) is 7.72. The van der Waals surface area contributed by atoms with Crippen LogP contribution in [0.25, 0.3) is 0 Å². The Balaban J connectivity index is 1.63. The number of nitrogens with zero attached hydrogens (tertiary/aromatic N) is 1. The van der Waals surface area contributed by atoms with Crippen molar-refractivity contribution >= 4 is 11.7 Å². The van der Waals surface area contributed by atoms with E-state index < -0.39 is 6.10 Å². The molecule has 2 aromatic rings. The van der Waals surface area contributed by atoms with Crippen molar-refractivity contribution in [3.05, 3.63) is 64.5 Å². The Labute approximate surface area is 163 Å². The average molecular weight is 380 g/mol. The number of aliphatic hydroxyl groups excluding tert-OH is 1. The number of aliphatic hydroxyl groups is 1. The van der Waals surface area contributed by atoms with Crippen molar-refractivity contribution in [2.45, 2.75) is 19.4 Å². The smallest absolute Gasteiger partial charge is 0.269 e. The number of aryl methyl sites for hydroxylation is 1. The molecule has 2 N–H and O–H groups in total. The molecule has 1 aliphatic carbocycles. The van der Waals surface area contributed by atoms with Crippen LogP contribution in [0.2, 0.25) is 0 Å². The van der Waals surface area contributed by atoms with E-state index in [-0.39, 0.29) is 17.4 Å². The van der Waals surface area contributed by atoms with Gasteiger partial charge in [0.15, 0.2) is 5.78 Å². The molecule has 6 nitrogen and oxygen atoms in total. The van der Waals surface area contributed by atoms with Gasteiger partial charge < -0.3 is 15.2 Å². The summed E-state index contributed by atoms with van der Waals surface area (Å²) < 4.78 is 5.39. The molecule has 4 rings (SSSR count). The quantitative estimate of drug-likeness (QED) is 0.751. The lowest BCUT2D eigenvalue weighted by atomic mass is 9.99. The van der Waals surface area contributed by atoms with E-state index in [2.05, 4.69) is 10.3 Å². The minimum atomic E-state index is -1.01. The highest BCUT2D eigenvalue weighted by molar-refractivity contribution is 6.00. The van der Waals surface area contributed by atoms with E-state index in [1.807, 2.05) is 25.1 Å². The monoisotopic (exact) mass is 380 g/mol. The standard InChI is InChI=1S/C22H24N2O4/c1-12-4-3-5-13(6-12)21(26)18-7-14(8-19(24-18)22(27)23-2)20(25)9-15-16-10-28-11-17(15)16/h3-8,15-17,21,26H,9-11H2,1-2H3,(H,23,27)/t15?,16-,17+,21?. The van der Waals surface area contributed by atoms with Crippen LogP contribution in [0.5, 0.6) is 0 Å². The van der Waals surface area contributed by atoms with Gasteiger partial charge in [-0.25, -0.2) is 4.98 Å². The molecule has 1 aromatic heterocycles. The van der Waals surface area contributed by atoms with E-state index in [9.17, 15) is 14.7 Å². The highest BCUT2D eigenvalue weighted by atomic mass is 16.5. The third kappa shape index (κ3) is 3.57. The first-order valence-corrected chi connectivity index (χ1v) is 9.57. The zero-order chi connectivity index (χ0) is 19.8. The minimum absolute atomic E-state index is 0.0235. The highest BCUT2D eigenvalue weighted by Gasteiger charge is 2.54. The van der Waals surface area contributed by atoms with Crippen molar-refractivity contribution in [1.29, 1.82) is 0 Å². The molecule has 1 aromatic carbocycles. The molecule has 28 heavy (non-hydrogen) atoms. The topological polar surface area (TPSA) is 88.5 Å². The Morgan fingerprint density at radius 1 is 1.25 bits per heavy atom. The van der Waals surface area contributed by atoms with Crippen molar-refractivity contribution in [2.75, 3.05) is 20.3 Å². The van der Waals surface area contributed by atoms with Gasteiger partial charge >= 0.3 is 0 Å². The van der Waals surface area contributed by atoms with Crippen LogP contribution in [0.15, 0.2) is 36.4 Å². The second kappa shape index (κ2) is 7.45. The molecule has 2 aliphatic rings. The number of ketones is 1. The number of carbonyl (C=O) groups is 2. The van der Waals surface area contributed by atoms with E-state index >= 15 is 0 Å². The highest BCUT2D eigenvalue weighted by Crippen LogP contribution is 2.52. The van der Waals surface area contributed by atoms with E-state index in [4.69, 9.17) is 4.74 Å². The fraction of sp³-hybridized carbons (Fsp3) is 0.409. The van der Waals surface area contributed by atoms with E-state index in [0.717, 1.165) is 18.8 Å². The van der Waals surface area contributed by atoms with Crippen LogP contribution < -0.4 is 5.32 Å². The molecule has 0 radical (unpaired) electrons. The molecule has 2 fully saturated rings. The third-order valence-electron chi connectivity index (χ3n) is 5.82. The van der Waals surface area contributed by atoms with Gasteiger partial charge in [0.2, 0.25) is 0 Å². The van der Waals surface area contributed by atoms with Gasteiger partial charge in [0, 0.05) is 19.0 Å². The number of aromatic nitrogens is 1. The summed E-state index contributed by atoms with van der Waals surface area (Å²) in [5.74, 6) is 0.930. The Kier molecular flexibility index (Phi) is 5.00. The number of amides is 1. The van der Waals surface area contributed by atoms with E-state index in [0.29, 0.717) is 41.0 Å². The van der Waals surface area contributed by atoms with Gasteiger partial charge in [-0.1, -0.05) is 29.8 Å². The molecule has 0 bridgehead atoms. The van der Waals surface area contributed by atoms with E-state index in [1.54, 1.807) is 12.1 Å². The number of hydrogen-bond donors (Lipinski definition) is 2. The van der Waals surface area contributed by atoms with Gasteiger partial charge in [0.1, 0.15) is 11.8 Å². The number of fused-ring (bicyclic) bond motifs is 1. The third-order valence-corrected chi connectivity index (χ3v) is 5.82. The van der Waals surface area contributed by atoms with Crippen LogP contribution in [0.1, 0.15) is 50.2 Å². The SMILES string of the molecule is CNC(=O)c1cc(C(=O)CC2[C@H]3COC[C@@H]23)cc(C(O)c2cccc(C)c2)n1. The summed E-state index contributed by atoms with van der Waals surface area (Å²) in [4.78, 5) is 29.3. The van der Waals surface area contributed by atoms with Gasteiger partial charge in [0.25, 0.3) is 5.91 Å². The molecular formula is C22H24N2O4. The predicted molar refractivity (Wildman–Crippen MR) is 103 cm³/mol. The summed E-state index contributed by atoms with van der Waals surface area (Å²) >= 11 is 0. The average Bonchev–Trinajstić information content (AvgIpc) is 3.12. The molecular weight excluding hydrogens is 356 g/mol. The van der Waals surface area contributed by atoms with Crippen molar-refractivity contribution < 1.29 is 19.4 Å². The fourth-order valence-electron chi connectivity index (χ4n) is 4.10. The first-order chi connectivity index (χ1) is 13.5. The number of ether oxygens (including phenoxy) is 1.